The third kappa shape index (κ3) is 6.36. The van der Waals surface area contributed by atoms with E-state index in [0.717, 1.165) is 6.42 Å². The molecule has 0 aliphatic carbocycles. The Morgan fingerprint density at radius 3 is 1.94 bits per heavy atom. The predicted octanol–water partition coefficient (Wildman–Crippen LogP) is 1.69. The van der Waals surface area contributed by atoms with Crippen molar-refractivity contribution < 1.29 is 9.47 Å². The zero-order chi connectivity index (χ0) is 13.4. The van der Waals surface area contributed by atoms with E-state index in [4.69, 9.17) is 15.2 Å². The molecule has 0 fully saturated rings. The second-order valence-corrected chi connectivity index (χ2v) is 5.17. The summed E-state index contributed by atoms with van der Waals surface area (Å²) < 4.78 is 10.5. The summed E-state index contributed by atoms with van der Waals surface area (Å²) in [5, 5.41) is 0. The summed E-state index contributed by atoms with van der Waals surface area (Å²) in [6, 6.07) is 0.826. The molecule has 2 unspecified atom stereocenters. The average Bonchev–Trinajstić information content (AvgIpc) is 2.29. The second kappa shape index (κ2) is 8.86. The molecule has 0 aromatic rings. The topological polar surface area (TPSA) is 47.7 Å². The highest BCUT2D eigenvalue weighted by Gasteiger charge is 2.22. The number of nitrogens with two attached hydrogens (primary N) is 1. The van der Waals surface area contributed by atoms with Crippen LogP contribution in [0.15, 0.2) is 0 Å². The lowest BCUT2D eigenvalue weighted by Crippen LogP contribution is -2.45. The van der Waals surface area contributed by atoms with Crippen LogP contribution in [-0.4, -0.2) is 51.1 Å². The van der Waals surface area contributed by atoms with Crippen molar-refractivity contribution >= 4 is 0 Å². The van der Waals surface area contributed by atoms with Crippen LogP contribution in [0.25, 0.3) is 0 Å². The fourth-order valence-corrected chi connectivity index (χ4v) is 2.15. The zero-order valence-electron chi connectivity index (χ0n) is 12.3. The Morgan fingerprint density at radius 2 is 1.59 bits per heavy atom. The van der Waals surface area contributed by atoms with E-state index in [0.29, 0.717) is 24.5 Å². The Morgan fingerprint density at radius 1 is 1.06 bits per heavy atom. The van der Waals surface area contributed by atoms with Gasteiger partial charge in [0.2, 0.25) is 0 Å². The van der Waals surface area contributed by atoms with Gasteiger partial charge in [-0.15, -0.1) is 0 Å². The highest BCUT2D eigenvalue weighted by Crippen LogP contribution is 2.15. The van der Waals surface area contributed by atoms with Crippen molar-refractivity contribution in [2.24, 2.45) is 11.7 Å². The van der Waals surface area contributed by atoms with Crippen LogP contribution in [0.1, 0.15) is 33.6 Å². The summed E-state index contributed by atoms with van der Waals surface area (Å²) in [7, 11) is 5.46. The van der Waals surface area contributed by atoms with E-state index >= 15 is 0 Å². The number of hydrogen-bond donors (Lipinski definition) is 1. The van der Waals surface area contributed by atoms with Crippen molar-refractivity contribution in [2.75, 3.05) is 27.8 Å². The molecular weight excluding hydrogens is 216 g/mol. The van der Waals surface area contributed by atoms with E-state index in [1.165, 1.54) is 6.42 Å². The van der Waals surface area contributed by atoms with Crippen LogP contribution in [0.2, 0.25) is 0 Å². The van der Waals surface area contributed by atoms with Gasteiger partial charge in [-0.25, -0.2) is 0 Å². The number of nitrogens with zero attached hydrogens (tertiary/aromatic N) is 1. The van der Waals surface area contributed by atoms with Gasteiger partial charge in [0.05, 0.1) is 0 Å². The van der Waals surface area contributed by atoms with Crippen molar-refractivity contribution in [1.29, 1.82) is 0 Å². The van der Waals surface area contributed by atoms with Gasteiger partial charge in [-0.1, -0.05) is 13.8 Å². The van der Waals surface area contributed by atoms with Gasteiger partial charge in [-0.3, -0.25) is 4.90 Å². The van der Waals surface area contributed by atoms with Gasteiger partial charge in [-0.2, -0.15) is 0 Å². The molecule has 17 heavy (non-hydrogen) atoms. The molecule has 4 heteroatoms. The molecule has 2 atom stereocenters. The molecule has 0 spiro atoms. The standard InChI is InChI=1S/C13H30N2O2/c1-10(2)7-11(3)15(4)12(9-14)8-13(16-5)17-6/h10-13H,7-9,14H2,1-6H3. The summed E-state index contributed by atoms with van der Waals surface area (Å²) in [4.78, 5) is 2.34. The van der Waals surface area contributed by atoms with Crippen molar-refractivity contribution in [1.82, 2.24) is 4.90 Å². The SMILES string of the molecule is COC(CC(CN)N(C)C(C)CC(C)C)OC. The monoisotopic (exact) mass is 246 g/mol. The van der Waals surface area contributed by atoms with Crippen LogP contribution in [0.5, 0.6) is 0 Å². The Hall–Kier alpha value is -0.160. The molecular formula is C13H30N2O2. The Balaban J connectivity index is 4.32. The van der Waals surface area contributed by atoms with Crippen molar-refractivity contribution in [3.63, 3.8) is 0 Å². The summed E-state index contributed by atoms with van der Waals surface area (Å²) in [6.45, 7) is 7.36. The first-order chi connectivity index (χ1) is 7.96. The van der Waals surface area contributed by atoms with E-state index in [2.05, 4.69) is 32.7 Å². The first-order valence-corrected chi connectivity index (χ1v) is 6.43. The van der Waals surface area contributed by atoms with Crippen molar-refractivity contribution in [2.45, 2.75) is 52.0 Å². The smallest absolute Gasteiger partial charge is 0.158 e. The molecule has 0 heterocycles. The molecule has 2 N–H and O–H groups in total. The minimum Gasteiger partial charge on any atom is -0.356 e. The minimum absolute atomic E-state index is 0.169. The number of hydrogen-bond acceptors (Lipinski definition) is 4. The fraction of sp³-hybridized carbons (Fsp3) is 1.00. The maximum atomic E-state index is 5.85. The summed E-state index contributed by atoms with van der Waals surface area (Å²) in [6.07, 6.45) is 1.82. The van der Waals surface area contributed by atoms with Gasteiger partial charge in [0.1, 0.15) is 0 Å². The second-order valence-electron chi connectivity index (χ2n) is 5.17. The molecule has 4 nitrogen and oxygen atoms in total. The van der Waals surface area contributed by atoms with Gasteiger partial charge < -0.3 is 15.2 Å². The van der Waals surface area contributed by atoms with E-state index in [9.17, 15) is 0 Å². The first kappa shape index (κ1) is 16.8. The van der Waals surface area contributed by atoms with Crippen LogP contribution in [0.3, 0.4) is 0 Å². The normalized spacial score (nSPS) is 15.9. The molecule has 0 aliphatic rings. The highest BCUT2D eigenvalue weighted by atomic mass is 16.7. The minimum atomic E-state index is -0.169. The van der Waals surface area contributed by atoms with Gasteiger partial charge in [-0.05, 0) is 26.3 Å². The van der Waals surface area contributed by atoms with Crippen LogP contribution in [0.4, 0.5) is 0 Å². The Labute approximate surface area is 106 Å². The maximum Gasteiger partial charge on any atom is 0.158 e. The molecule has 0 bridgehead atoms. The molecule has 0 aliphatic heterocycles. The highest BCUT2D eigenvalue weighted by molar-refractivity contribution is 4.76. The Kier molecular flexibility index (Phi) is 8.78. The van der Waals surface area contributed by atoms with Gasteiger partial charge in [0.25, 0.3) is 0 Å². The van der Waals surface area contributed by atoms with Gasteiger partial charge >= 0.3 is 0 Å². The van der Waals surface area contributed by atoms with E-state index in [1.54, 1.807) is 14.2 Å². The number of rotatable bonds is 9. The molecule has 0 aromatic carbocycles. The predicted molar refractivity (Wildman–Crippen MR) is 71.9 cm³/mol. The lowest BCUT2D eigenvalue weighted by molar-refractivity contribution is -0.117. The van der Waals surface area contributed by atoms with Crippen LogP contribution >= 0.6 is 0 Å². The van der Waals surface area contributed by atoms with E-state index in [-0.39, 0.29) is 6.29 Å². The number of methoxy groups -OCH3 is 2. The molecule has 0 saturated carbocycles. The van der Waals surface area contributed by atoms with Crippen LogP contribution < -0.4 is 5.73 Å². The van der Waals surface area contributed by atoms with Crippen LogP contribution in [-0.2, 0) is 9.47 Å². The van der Waals surface area contributed by atoms with Crippen LogP contribution in [0, 0.1) is 5.92 Å². The van der Waals surface area contributed by atoms with Crippen molar-refractivity contribution in [3.05, 3.63) is 0 Å². The third-order valence-corrected chi connectivity index (χ3v) is 3.35. The summed E-state index contributed by atoms with van der Waals surface area (Å²) in [5.41, 5.74) is 5.85. The average molecular weight is 246 g/mol. The lowest BCUT2D eigenvalue weighted by Gasteiger charge is -2.34. The number of likely N-dealkylation sites (N-methyl/N-ethyl adjacent to an activating group) is 1. The quantitative estimate of drug-likeness (QED) is 0.629. The van der Waals surface area contributed by atoms with Gasteiger partial charge in [0, 0.05) is 39.3 Å². The molecule has 0 saturated heterocycles. The van der Waals surface area contributed by atoms with Crippen molar-refractivity contribution in [3.8, 4) is 0 Å². The molecule has 0 radical (unpaired) electrons. The fourth-order valence-electron chi connectivity index (χ4n) is 2.15. The summed E-state index contributed by atoms with van der Waals surface area (Å²) >= 11 is 0. The lowest BCUT2D eigenvalue weighted by atomic mass is 10.0. The molecule has 0 rings (SSSR count). The summed E-state index contributed by atoms with van der Waals surface area (Å²) in [5.74, 6) is 0.700. The van der Waals surface area contributed by atoms with Gasteiger partial charge in [0.15, 0.2) is 6.29 Å². The largest absolute Gasteiger partial charge is 0.356 e. The third-order valence-electron chi connectivity index (χ3n) is 3.35. The molecule has 104 valence electrons. The number of ether oxygens (including phenoxy) is 2. The zero-order valence-corrected chi connectivity index (χ0v) is 12.3. The van der Waals surface area contributed by atoms with E-state index < -0.39 is 0 Å². The van der Waals surface area contributed by atoms with E-state index in [1.807, 2.05) is 0 Å². The molecule has 0 amide bonds. The maximum absolute atomic E-state index is 5.85. The molecule has 0 aromatic heterocycles. The Bertz CT molecular complexity index is 184. The first-order valence-electron chi connectivity index (χ1n) is 6.43.